The Kier molecular flexibility index (Phi) is 4.29. The third-order valence-electron chi connectivity index (χ3n) is 4.40. The molecule has 1 unspecified atom stereocenters. The molecule has 2 saturated heterocycles. The average molecular weight is 306 g/mol. The standard InChI is InChI=1S/C15H20ClN5/c1-11-12(9-17)8-14(16)15(19-11)21-5-2-13(10-21)20-6-3-18-4-7-20/h8,13,18H,2-7,10H2,1H3. The Morgan fingerprint density at radius 2 is 2.14 bits per heavy atom. The van der Waals surface area contributed by atoms with E-state index in [-0.39, 0.29) is 0 Å². The summed E-state index contributed by atoms with van der Waals surface area (Å²) in [6.07, 6.45) is 1.15. The first-order valence-corrected chi connectivity index (χ1v) is 7.84. The normalized spacial score (nSPS) is 23.3. The molecule has 1 atom stereocenters. The average Bonchev–Trinajstić information content (AvgIpc) is 2.99. The van der Waals surface area contributed by atoms with E-state index in [1.165, 1.54) is 0 Å². The fourth-order valence-electron chi connectivity index (χ4n) is 3.18. The van der Waals surface area contributed by atoms with E-state index in [1.54, 1.807) is 6.07 Å². The van der Waals surface area contributed by atoms with Crippen molar-refractivity contribution < 1.29 is 0 Å². The first-order chi connectivity index (χ1) is 10.2. The Morgan fingerprint density at radius 3 is 2.86 bits per heavy atom. The van der Waals surface area contributed by atoms with Gasteiger partial charge in [-0.2, -0.15) is 5.26 Å². The fraction of sp³-hybridized carbons (Fsp3) is 0.600. The molecule has 0 aromatic carbocycles. The summed E-state index contributed by atoms with van der Waals surface area (Å²) in [6, 6.07) is 4.45. The largest absolute Gasteiger partial charge is 0.354 e. The lowest BCUT2D eigenvalue weighted by Gasteiger charge is -2.32. The number of nitrogens with one attached hydrogen (secondary N) is 1. The topological polar surface area (TPSA) is 55.2 Å². The molecule has 3 rings (SSSR count). The van der Waals surface area contributed by atoms with Crippen LogP contribution in [0.1, 0.15) is 17.7 Å². The second-order valence-corrected chi connectivity index (χ2v) is 6.12. The Bertz CT molecular complexity index is 562. The Hall–Kier alpha value is -1.35. The lowest BCUT2D eigenvalue weighted by atomic mass is 10.2. The number of aryl methyl sites for hydroxylation is 1. The van der Waals surface area contributed by atoms with Crippen molar-refractivity contribution >= 4 is 17.4 Å². The van der Waals surface area contributed by atoms with Crippen LogP contribution in [0, 0.1) is 18.3 Å². The van der Waals surface area contributed by atoms with Crippen LogP contribution in [0.15, 0.2) is 6.07 Å². The summed E-state index contributed by atoms with van der Waals surface area (Å²) in [5, 5.41) is 13.0. The number of hydrogen-bond donors (Lipinski definition) is 1. The third-order valence-corrected chi connectivity index (χ3v) is 4.68. The van der Waals surface area contributed by atoms with Crippen LogP contribution in [0.3, 0.4) is 0 Å². The highest BCUT2D eigenvalue weighted by molar-refractivity contribution is 6.33. The van der Waals surface area contributed by atoms with Crippen molar-refractivity contribution in [3.8, 4) is 6.07 Å². The van der Waals surface area contributed by atoms with Crippen molar-refractivity contribution in [3.63, 3.8) is 0 Å². The molecule has 5 nitrogen and oxygen atoms in total. The smallest absolute Gasteiger partial charge is 0.147 e. The summed E-state index contributed by atoms with van der Waals surface area (Å²) in [5.74, 6) is 0.825. The molecule has 21 heavy (non-hydrogen) atoms. The first kappa shape index (κ1) is 14.6. The zero-order valence-corrected chi connectivity index (χ0v) is 13.0. The van der Waals surface area contributed by atoms with Crippen molar-refractivity contribution in [1.29, 1.82) is 5.26 Å². The van der Waals surface area contributed by atoms with Gasteiger partial charge in [0.2, 0.25) is 0 Å². The number of pyridine rings is 1. The highest BCUT2D eigenvalue weighted by atomic mass is 35.5. The van der Waals surface area contributed by atoms with Crippen LogP contribution >= 0.6 is 11.6 Å². The van der Waals surface area contributed by atoms with Crippen LogP contribution in [0.4, 0.5) is 5.82 Å². The Balaban J connectivity index is 1.74. The maximum absolute atomic E-state index is 9.04. The van der Waals surface area contributed by atoms with Gasteiger partial charge in [0.15, 0.2) is 0 Å². The van der Waals surface area contributed by atoms with E-state index in [2.05, 4.69) is 26.2 Å². The van der Waals surface area contributed by atoms with Gasteiger partial charge in [0, 0.05) is 45.3 Å². The molecule has 2 aliphatic heterocycles. The van der Waals surface area contributed by atoms with E-state index in [1.807, 2.05) is 6.92 Å². The first-order valence-electron chi connectivity index (χ1n) is 7.46. The third kappa shape index (κ3) is 2.98. The van der Waals surface area contributed by atoms with Crippen LogP contribution in [0.5, 0.6) is 0 Å². The highest BCUT2D eigenvalue weighted by Crippen LogP contribution is 2.29. The summed E-state index contributed by atoms with van der Waals surface area (Å²) >= 11 is 6.31. The van der Waals surface area contributed by atoms with Crippen molar-refractivity contribution in [2.45, 2.75) is 19.4 Å². The molecule has 112 valence electrons. The number of anilines is 1. The minimum atomic E-state index is 0.557. The molecule has 2 fully saturated rings. The van der Waals surface area contributed by atoms with E-state index >= 15 is 0 Å². The van der Waals surface area contributed by atoms with Gasteiger partial charge in [0.25, 0.3) is 0 Å². The molecule has 0 saturated carbocycles. The minimum absolute atomic E-state index is 0.557. The van der Waals surface area contributed by atoms with Crippen molar-refractivity contribution in [2.24, 2.45) is 0 Å². The maximum Gasteiger partial charge on any atom is 0.147 e. The number of nitriles is 1. The zero-order chi connectivity index (χ0) is 14.8. The summed E-state index contributed by atoms with van der Waals surface area (Å²) in [7, 11) is 0. The molecular weight excluding hydrogens is 286 g/mol. The van der Waals surface area contributed by atoms with Gasteiger partial charge < -0.3 is 10.2 Å². The molecular formula is C15H20ClN5. The van der Waals surface area contributed by atoms with Crippen molar-refractivity contribution in [2.75, 3.05) is 44.2 Å². The molecule has 0 amide bonds. The van der Waals surface area contributed by atoms with Gasteiger partial charge in [-0.05, 0) is 19.4 Å². The maximum atomic E-state index is 9.04. The predicted molar refractivity (Wildman–Crippen MR) is 83.8 cm³/mol. The number of nitrogens with zero attached hydrogens (tertiary/aromatic N) is 4. The van der Waals surface area contributed by atoms with Gasteiger partial charge in [-0.15, -0.1) is 0 Å². The van der Waals surface area contributed by atoms with Crippen LogP contribution in [0.25, 0.3) is 0 Å². The van der Waals surface area contributed by atoms with E-state index in [4.69, 9.17) is 16.9 Å². The zero-order valence-electron chi connectivity index (χ0n) is 12.3. The van der Waals surface area contributed by atoms with Crippen LogP contribution in [0.2, 0.25) is 5.02 Å². The van der Waals surface area contributed by atoms with Gasteiger partial charge in [0.05, 0.1) is 16.3 Å². The van der Waals surface area contributed by atoms with Gasteiger partial charge >= 0.3 is 0 Å². The highest BCUT2D eigenvalue weighted by Gasteiger charge is 2.30. The monoisotopic (exact) mass is 305 g/mol. The SMILES string of the molecule is Cc1nc(N2CCC(N3CCNCC3)C2)c(Cl)cc1C#N. The van der Waals surface area contributed by atoms with Gasteiger partial charge in [-0.3, -0.25) is 4.90 Å². The fourth-order valence-corrected chi connectivity index (χ4v) is 3.45. The molecule has 3 heterocycles. The number of aromatic nitrogens is 1. The number of hydrogen-bond acceptors (Lipinski definition) is 5. The van der Waals surface area contributed by atoms with Gasteiger partial charge in [-0.1, -0.05) is 11.6 Å². The molecule has 1 N–H and O–H groups in total. The van der Waals surface area contributed by atoms with Crippen molar-refractivity contribution in [3.05, 3.63) is 22.3 Å². The van der Waals surface area contributed by atoms with Crippen molar-refractivity contribution in [1.82, 2.24) is 15.2 Å². The molecule has 2 aliphatic rings. The summed E-state index contributed by atoms with van der Waals surface area (Å²) in [5.41, 5.74) is 1.31. The molecule has 0 radical (unpaired) electrons. The number of rotatable bonds is 2. The summed E-state index contributed by atoms with van der Waals surface area (Å²) in [4.78, 5) is 9.36. The molecule has 0 spiro atoms. The molecule has 1 aromatic heterocycles. The second kappa shape index (κ2) is 6.18. The van der Waals surface area contributed by atoms with Crippen LogP contribution in [-0.4, -0.2) is 55.2 Å². The minimum Gasteiger partial charge on any atom is -0.354 e. The summed E-state index contributed by atoms with van der Waals surface area (Å²) < 4.78 is 0. The predicted octanol–water partition coefficient (Wildman–Crippen LogP) is 1.40. The van der Waals surface area contributed by atoms with Gasteiger partial charge in [-0.25, -0.2) is 4.98 Å². The number of halogens is 1. The molecule has 1 aromatic rings. The second-order valence-electron chi connectivity index (χ2n) is 5.71. The van der Waals surface area contributed by atoms with E-state index < -0.39 is 0 Å². The van der Waals surface area contributed by atoms with Crippen LogP contribution in [-0.2, 0) is 0 Å². The molecule has 0 bridgehead atoms. The molecule has 0 aliphatic carbocycles. The molecule has 6 heteroatoms. The number of piperazine rings is 1. The van der Waals surface area contributed by atoms with E-state index in [0.717, 1.165) is 57.2 Å². The van der Waals surface area contributed by atoms with E-state index in [9.17, 15) is 0 Å². The van der Waals surface area contributed by atoms with Gasteiger partial charge in [0.1, 0.15) is 11.9 Å². The lowest BCUT2D eigenvalue weighted by Crippen LogP contribution is -2.49. The van der Waals surface area contributed by atoms with E-state index in [0.29, 0.717) is 16.6 Å². The lowest BCUT2D eigenvalue weighted by molar-refractivity contribution is 0.185. The Morgan fingerprint density at radius 1 is 1.38 bits per heavy atom. The quantitative estimate of drug-likeness (QED) is 0.895. The summed E-state index contributed by atoms with van der Waals surface area (Å²) in [6.45, 7) is 8.20. The van der Waals surface area contributed by atoms with Crippen LogP contribution < -0.4 is 10.2 Å². The Labute approximate surface area is 130 Å².